The highest BCUT2D eigenvalue weighted by Gasteiger charge is 2.15. The van der Waals surface area contributed by atoms with Gasteiger partial charge in [-0.3, -0.25) is 4.79 Å². The lowest BCUT2D eigenvalue weighted by Gasteiger charge is -2.22. The van der Waals surface area contributed by atoms with E-state index < -0.39 is 0 Å². The normalized spacial score (nSPS) is 17.2. The topological polar surface area (TPSA) is 34.0 Å². The summed E-state index contributed by atoms with van der Waals surface area (Å²) in [5.41, 5.74) is 0. The van der Waals surface area contributed by atoms with Gasteiger partial charge in [-0.05, 0) is 25.0 Å². The number of carbonyl (C=O) groups excluding carboxylic acids is 1. The van der Waals surface area contributed by atoms with Crippen LogP contribution in [0.3, 0.4) is 0 Å². The summed E-state index contributed by atoms with van der Waals surface area (Å²) >= 11 is 0. The molecule has 1 aliphatic carbocycles. The highest BCUT2D eigenvalue weighted by molar-refractivity contribution is 5.76. The Morgan fingerprint density at radius 2 is 1.88 bits per heavy atom. The van der Waals surface area contributed by atoms with Gasteiger partial charge in [0.25, 0.3) is 0 Å². The molecule has 0 saturated heterocycles. The van der Waals surface area contributed by atoms with E-state index >= 15 is 0 Å². The Bertz CT molecular complexity index is 313. The van der Waals surface area contributed by atoms with Crippen LogP contribution in [0.4, 0.5) is 0 Å². The van der Waals surface area contributed by atoms with Gasteiger partial charge in [0, 0.05) is 31.4 Å². The maximum absolute atomic E-state index is 11.7. The number of rotatable bonds is 4. The van der Waals surface area contributed by atoms with Gasteiger partial charge < -0.3 is 9.88 Å². The number of nitrogens with one attached hydrogen (secondary N) is 1. The van der Waals surface area contributed by atoms with Gasteiger partial charge in [-0.25, -0.2) is 0 Å². The number of aromatic nitrogens is 1. The van der Waals surface area contributed by atoms with Crippen LogP contribution in [0, 0.1) is 0 Å². The molecule has 3 nitrogen and oxygen atoms in total. The summed E-state index contributed by atoms with van der Waals surface area (Å²) in [7, 11) is 0. The number of hydrogen-bond acceptors (Lipinski definition) is 1. The van der Waals surface area contributed by atoms with E-state index in [0.29, 0.717) is 12.5 Å². The summed E-state index contributed by atoms with van der Waals surface area (Å²) < 4.78 is 2.04. The maximum Gasteiger partial charge on any atom is 0.222 e. The summed E-state index contributed by atoms with van der Waals surface area (Å²) in [6.45, 7) is 0.783. The molecular formula is C13H20N2O. The van der Waals surface area contributed by atoms with E-state index in [4.69, 9.17) is 0 Å². The minimum absolute atomic E-state index is 0.195. The molecule has 1 amide bonds. The molecule has 0 bridgehead atoms. The van der Waals surface area contributed by atoms with Crippen molar-refractivity contribution in [2.75, 3.05) is 0 Å². The zero-order valence-corrected chi connectivity index (χ0v) is 9.69. The number of carbonyl (C=O) groups is 1. The van der Waals surface area contributed by atoms with Gasteiger partial charge in [0.2, 0.25) is 5.91 Å². The summed E-state index contributed by atoms with van der Waals surface area (Å²) in [5, 5.41) is 3.13. The van der Waals surface area contributed by atoms with Gasteiger partial charge in [0.05, 0.1) is 0 Å². The standard InChI is InChI=1S/C13H20N2O/c16-13(8-11-15-9-4-5-10-15)14-12-6-2-1-3-7-12/h4-5,9-10,12H,1-3,6-8,11H2,(H,14,16). The molecule has 16 heavy (non-hydrogen) atoms. The zero-order chi connectivity index (χ0) is 11.2. The third-order valence-corrected chi connectivity index (χ3v) is 3.23. The first-order valence-electron chi connectivity index (χ1n) is 6.25. The molecule has 0 spiro atoms. The number of amides is 1. The van der Waals surface area contributed by atoms with Crippen molar-refractivity contribution >= 4 is 5.91 Å². The Hall–Kier alpha value is -1.25. The van der Waals surface area contributed by atoms with E-state index in [1.165, 1.54) is 19.3 Å². The first-order valence-corrected chi connectivity index (χ1v) is 6.25. The molecule has 0 aliphatic heterocycles. The summed E-state index contributed by atoms with van der Waals surface area (Å²) in [6.07, 6.45) is 10.8. The predicted molar refractivity (Wildman–Crippen MR) is 64.1 cm³/mol. The lowest BCUT2D eigenvalue weighted by molar-refractivity contribution is -0.122. The smallest absolute Gasteiger partial charge is 0.222 e. The van der Waals surface area contributed by atoms with E-state index in [0.717, 1.165) is 19.4 Å². The molecule has 1 N–H and O–H groups in total. The first kappa shape index (κ1) is 11.2. The number of aryl methyl sites for hydroxylation is 1. The average Bonchev–Trinajstić information content (AvgIpc) is 2.81. The van der Waals surface area contributed by atoms with Crippen molar-refractivity contribution < 1.29 is 4.79 Å². The average molecular weight is 220 g/mol. The van der Waals surface area contributed by atoms with Gasteiger partial charge in [0.1, 0.15) is 0 Å². The van der Waals surface area contributed by atoms with Crippen LogP contribution in [0.5, 0.6) is 0 Å². The van der Waals surface area contributed by atoms with Crippen molar-refractivity contribution in [1.29, 1.82) is 0 Å². The molecule has 88 valence electrons. The Balaban J connectivity index is 1.67. The fourth-order valence-electron chi connectivity index (χ4n) is 2.30. The molecular weight excluding hydrogens is 200 g/mol. The second kappa shape index (κ2) is 5.73. The Kier molecular flexibility index (Phi) is 4.03. The van der Waals surface area contributed by atoms with E-state index in [2.05, 4.69) is 5.32 Å². The van der Waals surface area contributed by atoms with Crippen molar-refractivity contribution in [3.8, 4) is 0 Å². The van der Waals surface area contributed by atoms with Crippen LogP contribution in [0.2, 0.25) is 0 Å². The fraction of sp³-hybridized carbons (Fsp3) is 0.615. The molecule has 1 aliphatic rings. The van der Waals surface area contributed by atoms with Gasteiger partial charge in [0.15, 0.2) is 0 Å². The highest BCUT2D eigenvalue weighted by atomic mass is 16.1. The largest absolute Gasteiger partial charge is 0.354 e. The van der Waals surface area contributed by atoms with Crippen LogP contribution in [0.25, 0.3) is 0 Å². The molecule has 0 unspecified atom stereocenters. The second-order valence-electron chi connectivity index (χ2n) is 4.57. The van der Waals surface area contributed by atoms with Crippen molar-refractivity contribution in [3.63, 3.8) is 0 Å². The summed E-state index contributed by atoms with van der Waals surface area (Å²) in [4.78, 5) is 11.7. The summed E-state index contributed by atoms with van der Waals surface area (Å²) in [6, 6.07) is 4.41. The third-order valence-electron chi connectivity index (χ3n) is 3.23. The van der Waals surface area contributed by atoms with E-state index in [1.807, 2.05) is 29.1 Å². The van der Waals surface area contributed by atoms with Crippen LogP contribution in [-0.4, -0.2) is 16.5 Å². The van der Waals surface area contributed by atoms with Crippen LogP contribution in [0.1, 0.15) is 38.5 Å². The number of hydrogen-bond donors (Lipinski definition) is 1. The summed E-state index contributed by atoms with van der Waals surface area (Å²) in [5.74, 6) is 0.195. The van der Waals surface area contributed by atoms with Crippen molar-refractivity contribution in [2.45, 2.75) is 51.1 Å². The lowest BCUT2D eigenvalue weighted by Crippen LogP contribution is -2.36. The molecule has 1 aromatic heterocycles. The van der Waals surface area contributed by atoms with Gasteiger partial charge in [-0.1, -0.05) is 19.3 Å². The SMILES string of the molecule is O=C(CCn1cccc1)NC1CCCCC1. The fourth-order valence-corrected chi connectivity index (χ4v) is 2.30. The quantitative estimate of drug-likeness (QED) is 0.830. The minimum Gasteiger partial charge on any atom is -0.354 e. The second-order valence-corrected chi connectivity index (χ2v) is 4.57. The molecule has 1 fully saturated rings. The minimum atomic E-state index is 0.195. The van der Waals surface area contributed by atoms with Crippen LogP contribution in [0.15, 0.2) is 24.5 Å². The molecule has 0 aromatic carbocycles. The molecule has 1 heterocycles. The maximum atomic E-state index is 11.7. The first-order chi connectivity index (χ1) is 7.84. The van der Waals surface area contributed by atoms with Gasteiger partial charge in [-0.2, -0.15) is 0 Å². The van der Waals surface area contributed by atoms with Crippen molar-refractivity contribution in [2.24, 2.45) is 0 Å². The monoisotopic (exact) mass is 220 g/mol. The Labute approximate surface area is 96.8 Å². The van der Waals surface area contributed by atoms with Crippen molar-refractivity contribution in [3.05, 3.63) is 24.5 Å². The van der Waals surface area contributed by atoms with Crippen molar-refractivity contribution in [1.82, 2.24) is 9.88 Å². The number of nitrogens with zero attached hydrogens (tertiary/aromatic N) is 1. The zero-order valence-electron chi connectivity index (χ0n) is 9.69. The molecule has 0 atom stereocenters. The predicted octanol–water partition coefficient (Wildman–Crippen LogP) is 2.33. The molecule has 2 rings (SSSR count). The Morgan fingerprint density at radius 3 is 2.56 bits per heavy atom. The molecule has 3 heteroatoms. The van der Waals surface area contributed by atoms with E-state index in [9.17, 15) is 4.79 Å². The molecule has 1 saturated carbocycles. The lowest BCUT2D eigenvalue weighted by atomic mass is 9.95. The van der Waals surface area contributed by atoms with Gasteiger partial charge >= 0.3 is 0 Å². The molecule has 0 radical (unpaired) electrons. The third kappa shape index (κ3) is 3.40. The molecule has 1 aromatic rings. The van der Waals surface area contributed by atoms with Crippen LogP contribution >= 0.6 is 0 Å². The Morgan fingerprint density at radius 1 is 1.19 bits per heavy atom. The van der Waals surface area contributed by atoms with Crippen LogP contribution < -0.4 is 5.32 Å². The van der Waals surface area contributed by atoms with Crippen LogP contribution in [-0.2, 0) is 11.3 Å². The van der Waals surface area contributed by atoms with E-state index in [-0.39, 0.29) is 5.91 Å². The van der Waals surface area contributed by atoms with E-state index in [1.54, 1.807) is 0 Å². The van der Waals surface area contributed by atoms with Gasteiger partial charge in [-0.15, -0.1) is 0 Å². The highest BCUT2D eigenvalue weighted by Crippen LogP contribution is 2.17.